The number of aliphatic carboxylic acids is 1. The molecule has 1 amide bonds. The first kappa shape index (κ1) is 14.9. The van der Waals surface area contributed by atoms with Gasteiger partial charge in [0.15, 0.2) is 0 Å². The molecule has 1 heterocycles. The van der Waals surface area contributed by atoms with Crippen LogP contribution in [0.15, 0.2) is 0 Å². The van der Waals surface area contributed by atoms with Crippen LogP contribution in [0.5, 0.6) is 0 Å². The lowest BCUT2D eigenvalue weighted by atomic mass is 10.1. The predicted molar refractivity (Wildman–Crippen MR) is 66.4 cm³/mol. The fourth-order valence-electron chi connectivity index (χ4n) is 1.69. The van der Waals surface area contributed by atoms with Gasteiger partial charge in [-0.15, -0.1) is 0 Å². The second-order valence-corrected chi connectivity index (χ2v) is 4.95. The van der Waals surface area contributed by atoms with Gasteiger partial charge in [0.1, 0.15) is 5.54 Å². The lowest BCUT2D eigenvalue weighted by Crippen LogP contribution is -2.47. The molecule has 0 aromatic rings. The quantitative estimate of drug-likeness (QED) is 0.660. The van der Waals surface area contributed by atoms with E-state index >= 15 is 0 Å². The third kappa shape index (κ3) is 4.62. The minimum Gasteiger partial charge on any atom is -0.480 e. The molecule has 6 heteroatoms. The summed E-state index contributed by atoms with van der Waals surface area (Å²) in [6.45, 7) is 6.28. The van der Waals surface area contributed by atoms with Gasteiger partial charge in [-0.3, -0.25) is 9.59 Å². The van der Waals surface area contributed by atoms with E-state index in [0.717, 1.165) is 0 Å². The van der Waals surface area contributed by atoms with Gasteiger partial charge in [0.2, 0.25) is 5.91 Å². The Labute approximate surface area is 107 Å². The van der Waals surface area contributed by atoms with Gasteiger partial charge >= 0.3 is 5.97 Å². The first-order valence-corrected chi connectivity index (χ1v) is 6.27. The minimum atomic E-state index is -0.942. The number of carbonyl (C=O) groups excluding carboxylic acids is 1. The highest BCUT2D eigenvalue weighted by Gasteiger charge is 2.25. The number of carboxylic acids is 1. The van der Waals surface area contributed by atoms with Crippen LogP contribution in [0.3, 0.4) is 0 Å². The van der Waals surface area contributed by atoms with E-state index in [1.165, 1.54) is 0 Å². The Balaban J connectivity index is 2.17. The van der Waals surface area contributed by atoms with Gasteiger partial charge in [0.25, 0.3) is 0 Å². The van der Waals surface area contributed by atoms with E-state index in [1.807, 2.05) is 0 Å². The van der Waals surface area contributed by atoms with Crippen molar-refractivity contribution < 1.29 is 19.4 Å². The average molecular weight is 258 g/mol. The van der Waals surface area contributed by atoms with E-state index in [4.69, 9.17) is 9.84 Å². The van der Waals surface area contributed by atoms with Crippen LogP contribution in [0, 0.1) is 0 Å². The summed E-state index contributed by atoms with van der Waals surface area (Å²) in [7, 11) is 0. The van der Waals surface area contributed by atoms with Crippen molar-refractivity contribution in [1.82, 2.24) is 10.2 Å². The maximum atomic E-state index is 11.8. The fraction of sp³-hybridized carbons (Fsp3) is 0.833. The summed E-state index contributed by atoms with van der Waals surface area (Å²) in [6.07, 6.45) is 1.09. The number of morpholine rings is 1. The van der Waals surface area contributed by atoms with Crippen molar-refractivity contribution in [2.45, 2.75) is 32.2 Å². The zero-order valence-electron chi connectivity index (χ0n) is 11.1. The molecule has 0 aromatic carbocycles. The van der Waals surface area contributed by atoms with E-state index in [9.17, 15) is 9.59 Å². The van der Waals surface area contributed by atoms with Crippen molar-refractivity contribution in [2.75, 3.05) is 32.8 Å². The van der Waals surface area contributed by atoms with E-state index in [2.05, 4.69) is 5.32 Å². The second-order valence-electron chi connectivity index (χ2n) is 4.95. The van der Waals surface area contributed by atoms with Crippen LogP contribution in [0.1, 0.15) is 26.7 Å². The molecule has 104 valence electrons. The maximum absolute atomic E-state index is 11.8. The molecule has 0 unspecified atom stereocenters. The molecule has 0 bridgehead atoms. The molecule has 0 aliphatic carbocycles. The lowest BCUT2D eigenvalue weighted by molar-refractivity contribution is -0.143. The Kier molecular flexibility index (Phi) is 5.55. The van der Waals surface area contributed by atoms with Gasteiger partial charge in [-0.05, 0) is 26.8 Å². The van der Waals surface area contributed by atoms with Crippen LogP contribution < -0.4 is 5.32 Å². The Morgan fingerprint density at radius 3 is 2.50 bits per heavy atom. The predicted octanol–water partition coefficient (Wildman–Crippen LogP) is 0.0782. The molecular formula is C12H22N2O4. The molecule has 1 aliphatic rings. The minimum absolute atomic E-state index is 0.119. The third-order valence-electron chi connectivity index (χ3n) is 3.03. The van der Waals surface area contributed by atoms with Crippen molar-refractivity contribution in [3.8, 4) is 0 Å². The molecule has 1 saturated heterocycles. The second kappa shape index (κ2) is 6.70. The van der Waals surface area contributed by atoms with Gasteiger partial charge in [-0.25, -0.2) is 0 Å². The molecule has 0 spiro atoms. The number of rotatable bonds is 6. The van der Waals surface area contributed by atoms with Crippen molar-refractivity contribution in [2.24, 2.45) is 0 Å². The molecule has 1 aliphatic heterocycles. The number of hydrogen-bond donors (Lipinski definition) is 2. The largest absolute Gasteiger partial charge is 0.480 e. The molecular weight excluding hydrogens is 236 g/mol. The summed E-state index contributed by atoms with van der Waals surface area (Å²) < 4.78 is 5.18. The van der Waals surface area contributed by atoms with Crippen LogP contribution in [0.4, 0.5) is 0 Å². The zero-order chi connectivity index (χ0) is 13.6. The van der Waals surface area contributed by atoms with Crippen molar-refractivity contribution in [1.29, 1.82) is 0 Å². The van der Waals surface area contributed by atoms with Crippen LogP contribution in [0.2, 0.25) is 0 Å². The SMILES string of the molecule is CC(C)(NCCCC(=O)N1CCOCC1)C(=O)O. The average Bonchev–Trinajstić information content (AvgIpc) is 2.35. The Hall–Kier alpha value is -1.14. The maximum Gasteiger partial charge on any atom is 0.323 e. The van der Waals surface area contributed by atoms with Crippen LogP contribution in [0.25, 0.3) is 0 Å². The Bertz CT molecular complexity index is 298. The monoisotopic (exact) mass is 258 g/mol. The number of hydrogen-bond acceptors (Lipinski definition) is 4. The number of carboxylic acid groups (broad SMARTS) is 1. The molecule has 1 rings (SSSR count). The Morgan fingerprint density at radius 1 is 1.33 bits per heavy atom. The number of amides is 1. The summed E-state index contributed by atoms with van der Waals surface area (Å²) in [5.74, 6) is -0.768. The fourth-order valence-corrected chi connectivity index (χ4v) is 1.69. The molecule has 2 N–H and O–H groups in total. The first-order valence-electron chi connectivity index (χ1n) is 6.27. The van der Waals surface area contributed by atoms with Gasteiger partial charge in [0, 0.05) is 19.5 Å². The number of nitrogens with zero attached hydrogens (tertiary/aromatic N) is 1. The van der Waals surface area contributed by atoms with Crippen LogP contribution >= 0.6 is 0 Å². The van der Waals surface area contributed by atoms with Gasteiger partial charge in [0.05, 0.1) is 13.2 Å². The number of carbonyl (C=O) groups is 2. The van der Waals surface area contributed by atoms with Crippen molar-refractivity contribution in [3.05, 3.63) is 0 Å². The highest BCUT2D eigenvalue weighted by atomic mass is 16.5. The van der Waals surface area contributed by atoms with Gasteiger partial charge < -0.3 is 20.1 Å². The molecule has 0 atom stereocenters. The van der Waals surface area contributed by atoms with Gasteiger partial charge in [-0.1, -0.05) is 0 Å². The van der Waals surface area contributed by atoms with E-state index in [0.29, 0.717) is 45.7 Å². The molecule has 0 aromatic heterocycles. The van der Waals surface area contributed by atoms with Crippen LogP contribution in [-0.2, 0) is 14.3 Å². The van der Waals surface area contributed by atoms with E-state index in [-0.39, 0.29) is 5.91 Å². The van der Waals surface area contributed by atoms with E-state index in [1.54, 1.807) is 18.7 Å². The van der Waals surface area contributed by atoms with Crippen LogP contribution in [-0.4, -0.2) is 60.3 Å². The highest BCUT2D eigenvalue weighted by molar-refractivity contribution is 5.77. The smallest absolute Gasteiger partial charge is 0.323 e. The summed E-state index contributed by atoms with van der Waals surface area (Å²) in [5.41, 5.74) is -0.942. The highest BCUT2D eigenvalue weighted by Crippen LogP contribution is 2.04. The number of nitrogens with one attached hydrogen (secondary N) is 1. The molecule has 0 saturated carbocycles. The molecule has 1 fully saturated rings. The first-order chi connectivity index (χ1) is 8.43. The summed E-state index contributed by atoms with van der Waals surface area (Å²) in [5, 5.41) is 11.8. The van der Waals surface area contributed by atoms with Crippen molar-refractivity contribution >= 4 is 11.9 Å². The molecule has 6 nitrogen and oxygen atoms in total. The third-order valence-corrected chi connectivity index (χ3v) is 3.03. The van der Waals surface area contributed by atoms with E-state index < -0.39 is 11.5 Å². The summed E-state index contributed by atoms with van der Waals surface area (Å²) >= 11 is 0. The summed E-state index contributed by atoms with van der Waals surface area (Å²) in [6, 6.07) is 0. The standard InChI is InChI=1S/C12H22N2O4/c1-12(2,11(16)17)13-5-3-4-10(15)14-6-8-18-9-7-14/h13H,3-9H2,1-2H3,(H,16,17). The lowest BCUT2D eigenvalue weighted by Gasteiger charge is -2.27. The topological polar surface area (TPSA) is 78.9 Å². The molecule has 18 heavy (non-hydrogen) atoms. The number of ether oxygens (including phenoxy) is 1. The normalized spacial score (nSPS) is 16.7. The van der Waals surface area contributed by atoms with Crippen molar-refractivity contribution in [3.63, 3.8) is 0 Å². The summed E-state index contributed by atoms with van der Waals surface area (Å²) in [4.78, 5) is 24.4. The van der Waals surface area contributed by atoms with Gasteiger partial charge in [-0.2, -0.15) is 0 Å². The molecule has 0 radical (unpaired) electrons. The Morgan fingerprint density at radius 2 is 1.94 bits per heavy atom. The zero-order valence-corrected chi connectivity index (χ0v) is 11.1.